The fourth-order valence-corrected chi connectivity index (χ4v) is 2.41. The van der Waals surface area contributed by atoms with Crippen molar-refractivity contribution in [1.29, 1.82) is 0 Å². The zero-order valence-electron chi connectivity index (χ0n) is 13.8. The Morgan fingerprint density at radius 3 is 2.79 bits per heavy atom. The van der Waals surface area contributed by atoms with E-state index in [1.54, 1.807) is 26.0 Å². The van der Waals surface area contributed by atoms with Crippen molar-refractivity contribution in [2.75, 3.05) is 13.7 Å². The highest BCUT2D eigenvalue weighted by molar-refractivity contribution is 5.80. The number of aliphatic carboxylic acids is 1. The first-order chi connectivity index (χ1) is 11.3. The monoisotopic (exact) mass is 336 g/mol. The summed E-state index contributed by atoms with van der Waals surface area (Å²) < 4.78 is 15.7. The predicted molar refractivity (Wildman–Crippen MR) is 83.3 cm³/mol. The van der Waals surface area contributed by atoms with Crippen molar-refractivity contribution in [2.24, 2.45) is 0 Å². The van der Waals surface area contributed by atoms with Gasteiger partial charge in [-0.2, -0.15) is 0 Å². The molecule has 1 unspecified atom stereocenters. The molecule has 0 radical (unpaired) electrons. The number of amides is 1. The second-order valence-electron chi connectivity index (χ2n) is 5.79. The molecule has 24 heavy (non-hydrogen) atoms. The van der Waals surface area contributed by atoms with Crippen molar-refractivity contribution in [3.05, 3.63) is 29.9 Å². The first kappa shape index (κ1) is 17.7. The third-order valence-electron chi connectivity index (χ3n) is 3.40. The van der Waals surface area contributed by atoms with Crippen LogP contribution in [0.4, 0.5) is 0 Å². The van der Waals surface area contributed by atoms with Crippen molar-refractivity contribution in [3.63, 3.8) is 0 Å². The molecule has 0 bridgehead atoms. The molecule has 0 aliphatic heterocycles. The van der Waals surface area contributed by atoms with E-state index in [4.69, 9.17) is 18.7 Å². The van der Waals surface area contributed by atoms with E-state index in [0.717, 1.165) is 0 Å². The maximum absolute atomic E-state index is 12.3. The van der Waals surface area contributed by atoms with Gasteiger partial charge in [-0.05, 0) is 26.0 Å². The van der Waals surface area contributed by atoms with Gasteiger partial charge in [0.1, 0.15) is 5.76 Å². The summed E-state index contributed by atoms with van der Waals surface area (Å²) in [5.74, 6) is -0.112. The smallest absolute Gasteiger partial charge is 0.305 e. The molecule has 0 saturated carbocycles. The molecule has 0 fully saturated rings. The average molecular weight is 336 g/mol. The van der Waals surface area contributed by atoms with Gasteiger partial charge in [-0.3, -0.25) is 9.59 Å². The summed E-state index contributed by atoms with van der Waals surface area (Å²) in [6.07, 6.45) is 1.22. The number of aryl methyl sites for hydroxylation is 1. The largest absolute Gasteiger partial charge is 0.481 e. The Bertz CT molecular complexity index is 706. The molecule has 8 heteroatoms. The summed E-state index contributed by atoms with van der Waals surface area (Å²) in [7, 11) is 1.45. The number of nitrogens with one attached hydrogen (secondary N) is 1. The number of carboxylic acid groups (broad SMARTS) is 1. The molecule has 2 aromatic rings. The SMILES string of the molecule is COCC(C)(CC(=O)O)NC(=O)Cc1nc(-c2ccco2)oc1C. The van der Waals surface area contributed by atoms with E-state index in [2.05, 4.69) is 10.3 Å². The molecule has 2 heterocycles. The van der Waals surface area contributed by atoms with Crippen molar-refractivity contribution in [3.8, 4) is 11.7 Å². The number of aromatic nitrogens is 1. The molecule has 8 nitrogen and oxygen atoms in total. The molecule has 0 aliphatic rings. The molecule has 1 amide bonds. The molecule has 2 N–H and O–H groups in total. The van der Waals surface area contributed by atoms with Crippen LogP contribution in [-0.2, 0) is 20.7 Å². The molecule has 0 aliphatic carbocycles. The number of rotatable bonds is 8. The number of hydrogen-bond donors (Lipinski definition) is 2. The Labute approximate surface area is 138 Å². The summed E-state index contributed by atoms with van der Waals surface area (Å²) in [5, 5.41) is 11.7. The van der Waals surface area contributed by atoms with Crippen molar-refractivity contribution in [2.45, 2.75) is 32.2 Å². The van der Waals surface area contributed by atoms with E-state index < -0.39 is 11.5 Å². The minimum atomic E-state index is -1.02. The van der Waals surface area contributed by atoms with Gasteiger partial charge < -0.3 is 24.0 Å². The quantitative estimate of drug-likeness (QED) is 0.755. The molecular weight excluding hydrogens is 316 g/mol. The lowest BCUT2D eigenvalue weighted by molar-refractivity contribution is -0.139. The third kappa shape index (κ3) is 4.45. The zero-order chi connectivity index (χ0) is 17.7. The summed E-state index contributed by atoms with van der Waals surface area (Å²) in [6, 6.07) is 3.42. The van der Waals surface area contributed by atoms with E-state index in [9.17, 15) is 9.59 Å². The Balaban J connectivity index is 2.07. The van der Waals surface area contributed by atoms with Crippen LogP contribution in [0.5, 0.6) is 0 Å². The number of ether oxygens (including phenoxy) is 1. The van der Waals surface area contributed by atoms with Crippen molar-refractivity contribution < 1.29 is 28.3 Å². The highest BCUT2D eigenvalue weighted by Crippen LogP contribution is 2.22. The van der Waals surface area contributed by atoms with E-state index in [1.165, 1.54) is 13.4 Å². The van der Waals surface area contributed by atoms with Crippen molar-refractivity contribution >= 4 is 11.9 Å². The van der Waals surface area contributed by atoms with Crippen LogP contribution in [0.3, 0.4) is 0 Å². The number of carbonyl (C=O) groups is 2. The summed E-state index contributed by atoms with van der Waals surface area (Å²) in [4.78, 5) is 27.5. The van der Waals surface area contributed by atoms with Crippen LogP contribution < -0.4 is 5.32 Å². The predicted octanol–water partition coefficient (Wildman–Crippen LogP) is 1.78. The molecular formula is C16H20N2O6. The Morgan fingerprint density at radius 2 is 2.21 bits per heavy atom. The Morgan fingerprint density at radius 1 is 1.46 bits per heavy atom. The van der Waals surface area contributed by atoms with Crippen LogP contribution >= 0.6 is 0 Å². The first-order valence-electron chi connectivity index (χ1n) is 7.35. The number of hydrogen-bond acceptors (Lipinski definition) is 6. The summed E-state index contributed by atoms with van der Waals surface area (Å²) in [6.45, 7) is 3.40. The number of carboxylic acids is 1. The summed E-state index contributed by atoms with van der Waals surface area (Å²) >= 11 is 0. The standard InChI is InChI=1S/C16H20N2O6/c1-10-11(17-15(24-10)12-5-4-6-23-12)7-13(19)18-16(2,9-22-3)8-14(20)21/h4-6H,7-9H2,1-3H3,(H,18,19)(H,20,21). The number of methoxy groups -OCH3 is 1. The molecule has 0 aromatic carbocycles. The molecule has 2 rings (SSSR count). The number of nitrogens with zero attached hydrogens (tertiary/aromatic N) is 1. The van der Waals surface area contributed by atoms with Crippen LogP contribution in [0.25, 0.3) is 11.7 Å². The van der Waals surface area contributed by atoms with E-state index in [1.807, 2.05) is 0 Å². The highest BCUT2D eigenvalue weighted by Gasteiger charge is 2.30. The van der Waals surface area contributed by atoms with Crippen LogP contribution in [0, 0.1) is 6.92 Å². The van der Waals surface area contributed by atoms with Crippen LogP contribution in [0.1, 0.15) is 24.8 Å². The van der Waals surface area contributed by atoms with Gasteiger partial charge in [-0.1, -0.05) is 0 Å². The fraction of sp³-hybridized carbons (Fsp3) is 0.438. The van der Waals surface area contributed by atoms with Gasteiger partial charge in [0.05, 0.1) is 36.9 Å². The van der Waals surface area contributed by atoms with E-state index in [0.29, 0.717) is 23.1 Å². The minimum Gasteiger partial charge on any atom is -0.481 e. The lowest BCUT2D eigenvalue weighted by Gasteiger charge is -2.28. The maximum atomic E-state index is 12.3. The van der Waals surface area contributed by atoms with E-state index in [-0.39, 0.29) is 25.4 Å². The van der Waals surface area contributed by atoms with Gasteiger partial charge in [0.15, 0.2) is 5.76 Å². The topological polar surface area (TPSA) is 115 Å². The van der Waals surface area contributed by atoms with Crippen LogP contribution in [-0.4, -0.2) is 41.2 Å². The number of furan rings is 1. The van der Waals surface area contributed by atoms with Gasteiger partial charge in [-0.15, -0.1) is 0 Å². The second-order valence-corrected chi connectivity index (χ2v) is 5.79. The molecule has 0 saturated heterocycles. The lowest BCUT2D eigenvalue weighted by atomic mass is 9.98. The van der Waals surface area contributed by atoms with E-state index >= 15 is 0 Å². The normalized spacial score (nSPS) is 13.5. The number of oxazole rings is 1. The average Bonchev–Trinajstić information content (AvgIpc) is 3.08. The Hall–Kier alpha value is -2.61. The Kier molecular flexibility index (Phi) is 5.40. The molecule has 1 atom stereocenters. The maximum Gasteiger partial charge on any atom is 0.305 e. The molecule has 0 spiro atoms. The highest BCUT2D eigenvalue weighted by atomic mass is 16.5. The minimum absolute atomic E-state index is 0.0328. The van der Waals surface area contributed by atoms with Gasteiger partial charge in [-0.25, -0.2) is 4.98 Å². The lowest BCUT2D eigenvalue weighted by Crippen LogP contribution is -2.51. The molecule has 2 aromatic heterocycles. The third-order valence-corrected chi connectivity index (χ3v) is 3.40. The number of carbonyl (C=O) groups excluding carboxylic acids is 1. The van der Waals surface area contributed by atoms with Crippen LogP contribution in [0.15, 0.2) is 27.2 Å². The fourth-order valence-electron chi connectivity index (χ4n) is 2.41. The second kappa shape index (κ2) is 7.31. The van der Waals surface area contributed by atoms with Gasteiger partial charge >= 0.3 is 5.97 Å². The first-order valence-corrected chi connectivity index (χ1v) is 7.35. The van der Waals surface area contributed by atoms with Gasteiger partial charge in [0.2, 0.25) is 5.91 Å². The molecule has 130 valence electrons. The zero-order valence-corrected chi connectivity index (χ0v) is 13.8. The summed E-state index contributed by atoms with van der Waals surface area (Å²) in [5.41, 5.74) is -0.534. The van der Waals surface area contributed by atoms with Crippen molar-refractivity contribution in [1.82, 2.24) is 10.3 Å². The van der Waals surface area contributed by atoms with Gasteiger partial charge in [0.25, 0.3) is 5.89 Å². The van der Waals surface area contributed by atoms with Gasteiger partial charge in [0, 0.05) is 7.11 Å². The van der Waals surface area contributed by atoms with Crippen LogP contribution in [0.2, 0.25) is 0 Å².